The highest BCUT2D eigenvalue weighted by Crippen LogP contribution is 2.10. The van der Waals surface area contributed by atoms with Gasteiger partial charge in [0.2, 0.25) is 0 Å². The minimum Gasteiger partial charge on any atom is -0.477 e. The van der Waals surface area contributed by atoms with E-state index >= 15 is 0 Å². The molecule has 19 heavy (non-hydrogen) atoms. The van der Waals surface area contributed by atoms with E-state index in [2.05, 4.69) is 10.3 Å². The lowest BCUT2D eigenvalue weighted by Gasteiger charge is -2.07. The number of amides is 1. The maximum absolute atomic E-state index is 12.0. The number of aryl methyl sites for hydroxylation is 1. The van der Waals surface area contributed by atoms with Gasteiger partial charge in [-0.15, -0.1) is 0 Å². The van der Waals surface area contributed by atoms with Crippen molar-refractivity contribution in [3.05, 3.63) is 48.0 Å². The molecule has 2 N–H and O–H groups in total. The van der Waals surface area contributed by atoms with E-state index < -0.39 is 5.97 Å². The molecule has 0 fully saturated rings. The van der Waals surface area contributed by atoms with Crippen molar-refractivity contribution in [2.75, 3.05) is 5.32 Å². The van der Waals surface area contributed by atoms with Crippen molar-refractivity contribution in [1.29, 1.82) is 0 Å². The number of nitrogens with one attached hydrogen (secondary N) is 1. The van der Waals surface area contributed by atoms with Crippen molar-refractivity contribution in [2.24, 2.45) is 0 Å². The largest absolute Gasteiger partial charge is 0.477 e. The van der Waals surface area contributed by atoms with Crippen LogP contribution in [0.3, 0.4) is 0 Å². The molecule has 1 amide bonds. The van der Waals surface area contributed by atoms with Crippen LogP contribution in [0, 0.1) is 0 Å². The van der Waals surface area contributed by atoms with Gasteiger partial charge < -0.3 is 15.0 Å². The minimum absolute atomic E-state index is 0.0602. The van der Waals surface area contributed by atoms with Gasteiger partial charge in [0.25, 0.3) is 5.91 Å². The second kappa shape index (κ2) is 5.34. The number of rotatable bonds is 4. The highest BCUT2D eigenvalue weighted by atomic mass is 16.4. The van der Waals surface area contributed by atoms with Gasteiger partial charge in [-0.05, 0) is 31.2 Å². The lowest BCUT2D eigenvalue weighted by Crippen LogP contribution is -2.16. The molecule has 0 aliphatic heterocycles. The monoisotopic (exact) mass is 259 g/mol. The molecule has 0 saturated heterocycles. The number of pyridine rings is 1. The average molecular weight is 259 g/mol. The zero-order valence-corrected chi connectivity index (χ0v) is 10.3. The Morgan fingerprint density at radius 3 is 2.74 bits per heavy atom. The van der Waals surface area contributed by atoms with Gasteiger partial charge in [0, 0.05) is 12.7 Å². The third-order valence-electron chi connectivity index (χ3n) is 2.64. The van der Waals surface area contributed by atoms with Crippen LogP contribution in [0.25, 0.3) is 0 Å². The molecule has 0 aromatic carbocycles. The highest BCUT2D eigenvalue weighted by molar-refractivity contribution is 6.03. The number of nitrogens with zero attached hydrogens (tertiary/aromatic N) is 2. The zero-order valence-electron chi connectivity index (χ0n) is 10.3. The van der Waals surface area contributed by atoms with Gasteiger partial charge in [-0.25, -0.2) is 9.78 Å². The van der Waals surface area contributed by atoms with E-state index in [4.69, 9.17) is 5.11 Å². The van der Waals surface area contributed by atoms with Crippen LogP contribution in [0.15, 0.2) is 36.7 Å². The molecule has 0 unspecified atom stereocenters. The number of aromatic carboxylic acids is 1. The van der Waals surface area contributed by atoms with Crippen LogP contribution < -0.4 is 5.32 Å². The number of anilines is 1. The molecule has 0 atom stereocenters. The Kier molecular flexibility index (Phi) is 3.61. The lowest BCUT2D eigenvalue weighted by atomic mass is 10.3. The number of aromatic nitrogens is 2. The molecule has 2 aromatic rings. The minimum atomic E-state index is -1.10. The number of hydrogen-bond donors (Lipinski definition) is 2. The summed E-state index contributed by atoms with van der Waals surface area (Å²) < 4.78 is 1.81. The standard InChI is InChI=1S/C13H13N3O3/c1-2-16-7-3-4-11(16)12(17)15-9-5-6-10(13(18)19)14-8-9/h3-8H,2H2,1H3,(H,15,17)(H,18,19). The van der Waals surface area contributed by atoms with Gasteiger partial charge in [0.1, 0.15) is 11.4 Å². The quantitative estimate of drug-likeness (QED) is 0.877. The normalized spacial score (nSPS) is 10.2. The molecule has 98 valence electrons. The van der Waals surface area contributed by atoms with E-state index in [0.29, 0.717) is 17.9 Å². The van der Waals surface area contributed by atoms with Crippen LogP contribution in [0.1, 0.15) is 27.9 Å². The van der Waals surface area contributed by atoms with E-state index in [1.807, 2.05) is 17.7 Å². The van der Waals surface area contributed by atoms with E-state index in [-0.39, 0.29) is 11.6 Å². The SMILES string of the molecule is CCn1cccc1C(=O)Nc1ccc(C(=O)O)nc1. The van der Waals surface area contributed by atoms with Crippen molar-refractivity contribution in [3.63, 3.8) is 0 Å². The Morgan fingerprint density at radius 2 is 2.16 bits per heavy atom. The predicted octanol–water partition coefficient (Wildman–Crippen LogP) is 1.85. The van der Waals surface area contributed by atoms with Crippen molar-refractivity contribution in [2.45, 2.75) is 13.5 Å². The first-order valence-corrected chi connectivity index (χ1v) is 5.77. The number of carbonyl (C=O) groups is 2. The van der Waals surface area contributed by atoms with Gasteiger partial charge in [0.15, 0.2) is 0 Å². The first kappa shape index (κ1) is 12.8. The Bertz CT molecular complexity index is 602. The molecule has 0 saturated carbocycles. The van der Waals surface area contributed by atoms with Crippen molar-refractivity contribution in [1.82, 2.24) is 9.55 Å². The Labute approximate surface area is 109 Å². The second-order valence-electron chi connectivity index (χ2n) is 3.87. The van der Waals surface area contributed by atoms with Crippen molar-refractivity contribution in [3.8, 4) is 0 Å². The number of carboxylic acid groups (broad SMARTS) is 1. The van der Waals surface area contributed by atoms with Crippen LogP contribution in [-0.4, -0.2) is 26.5 Å². The van der Waals surface area contributed by atoms with E-state index in [0.717, 1.165) is 0 Å². The van der Waals surface area contributed by atoms with Crippen molar-refractivity contribution >= 4 is 17.6 Å². The highest BCUT2D eigenvalue weighted by Gasteiger charge is 2.11. The summed E-state index contributed by atoms with van der Waals surface area (Å²) in [4.78, 5) is 26.4. The Hall–Kier alpha value is -2.63. The molecule has 0 bridgehead atoms. The molecule has 6 heteroatoms. The number of carboxylic acids is 1. The van der Waals surface area contributed by atoms with Crippen LogP contribution in [0.4, 0.5) is 5.69 Å². The summed E-state index contributed by atoms with van der Waals surface area (Å²) >= 11 is 0. The summed E-state index contributed by atoms with van der Waals surface area (Å²) in [5.41, 5.74) is 0.943. The van der Waals surface area contributed by atoms with Crippen LogP contribution in [0.2, 0.25) is 0 Å². The molecule has 2 aromatic heterocycles. The summed E-state index contributed by atoms with van der Waals surface area (Å²) in [6.07, 6.45) is 3.14. The van der Waals surface area contributed by atoms with Crippen LogP contribution in [0.5, 0.6) is 0 Å². The smallest absolute Gasteiger partial charge is 0.354 e. The fourth-order valence-electron chi connectivity index (χ4n) is 1.69. The summed E-state index contributed by atoms with van der Waals surface area (Å²) in [7, 11) is 0. The first-order chi connectivity index (χ1) is 9.11. The fraction of sp³-hybridized carbons (Fsp3) is 0.154. The van der Waals surface area contributed by atoms with Crippen LogP contribution in [-0.2, 0) is 6.54 Å². The van der Waals surface area contributed by atoms with E-state index in [1.54, 1.807) is 12.1 Å². The zero-order chi connectivity index (χ0) is 13.8. The van der Waals surface area contributed by atoms with Gasteiger partial charge >= 0.3 is 5.97 Å². The molecular weight excluding hydrogens is 246 g/mol. The first-order valence-electron chi connectivity index (χ1n) is 5.77. The van der Waals surface area contributed by atoms with E-state index in [9.17, 15) is 9.59 Å². The number of hydrogen-bond acceptors (Lipinski definition) is 3. The molecule has 2 heterocycles. The molecule has 2 rings (SSSR count). The Morgan fingerprint density at radius 1 is 1.37 bits per heavy atom. The predicted molar refractivity (Wildman–Crippen MR) is 69.3 cm³/mol. The van der Waals surface area contributed by atoms with Gasteiger partial charge in [-0.3, -0.25) is 4.79 Å². The number of carbonyl (C=O) groups excluding carboxylic acids is 1. The Balaban J connectivity index is 2.13. The molecule has 0 aliphatic rings. The molecule has 6 nitrogen and oxygen atoms in total. The maximum atomic E-state index is 12.0. The average Bonchev–Trinajstić information content (AvgIpc) is 2.87. The molecule has 0 radical (unpaired) electrons. The van der Waals surface area contributed by atoms with Crippen LogP contribution >= 0.6 is 0 Å². The fourth-order valence-corrected chi connectivity index (χ4v) is 1.69. The summed E-state index contributed by atoms with van der Waals surface area (Å²) in [5, 5.41) is 11.4. The maximum Gasteiger partial charge on any atom is 0.354 e. The summed E-state index contributed by atoms with van der Waals surface area (Å²) in [6.45, 7) is 2.64. The third kappa shape index (κ3) is 2.79. The third-order valence-corrected chi connectivity index (χ3v) is 2.64. The van der Waals surface area contributed by atoms with Gasteiger partial charge in [-0.2, -0.15) is 0 Å². The molecular formula is C13H13N3O3. The molecule has 0 spiro atoms. The summed E-state index contributed by atoms with van der Waals surface area (Å²) in [6, 6.07) is 6.37. The van der Waals surface area contributed by atoms with Gasteiger partial charge in [-0.1, -0.05) is 0 Å². The second-order valence-corrected chi connectivity index (χ2v) is 3.87. The summed E-state index contributed by atoms with van der Waals surface area (Å²) in [5.74, 6) is -1.35. The van der Waals surface area contributed by atoms with Gasteiger partial charge in [0.05, 0.1) is 11.9 Å². The topological polar surface area (TPSA) is 84.2 Å². The molecule has 0 aliphatic carbocycles. The van der Waals surface area contributed by atoms with E-state index in [1.165, 1.54) is 18.3 Å². The lowest BCUT2D eigenvalue weighted by molar-refractivity contribution is 0.0690. The van der Waals surface area contributed by atoms with Crippen molar-refractivity contribution < 1.29 is 14.7 Å².